The van der Waals surface area contributed by atoms with Gasteiger partial charge in [0.1, 0.15) is 0 Å². The topological polar surface area (TPSA) is 51.0 Å². The average molecular weight is 334 g/mol. The maximum Gasteiger partial charge on any atom is 0.248 e. The first kappa shape index (κ1) is 14.8. The third kappa shape index (κ3) is 4.19. The van der Waals surface area contributed by atoms with Crippen LogP contribution in [0.15, 0.2) is 33.2 Å². The fraction of sp³-hybridized carbons (Fsp3) is 0.333. The molecule has 2 aromatic rings. The molecular formula is C15H16BrN3O. The molecule has 0 amide bonds. The molecule has 1 aromatic heterocycles. The minimum Gasteiger partial charge on any atom is -0.419 e. The third-order valence-corrected chi connectivity index (χ3v) is 3.46. The van der Waals surface area contributed by atoms with E-state index in [1.165, 1.54) is 0 Å². The maximum absolute atomic E-state index is 5.63. The number of halogens is 1. The van der Waals surface area contributed by atoms with Gasteiger partial charge in [-0.15, -0.1) is 22.5 Å². The van der Waals surface area contributed by atoms with E-state index in [2.05, 4.69) is 37.4 Å². The molecule has 1 heterocycles. The van der Waals surface area contributed by atoms with E-state index in [0.29, 0.717) is 18.3 Å². The highest BCUT2D eigenvalue weighted by Crippen LogP contribution is 2.26. The molecule has 0 aliphatic rings. The minimum atomic E-state index is 0.529. The molecule has 0 fully saturated rings. The van der Waals surface area contributed by atoms with Gasteiger partial charge in [0.15, 0.2) is 0 Å². The van der Waals surface area contributed by atoms with Gasteiger partial charge in [0.25, 0.3) is 0 Å². The third-order valence-electron chi connectivity index (χ3n) is 2.77. The standard InChI is InChI=1S/C15H16BrN3O/c1-2-3-4-7-10-17-11-14-18-19-15(20-14)12-8-5-6-9-13(12)16/h1,5-6,8-9,17H,3-4,7,10-11H2. The molecule has 104 valence electrons. The van der Waals surface area contributed by atoms with Crippen molar-refractivity contribution in [2.24, 2.45) is 0 Å². The van der Waals surface area contributed by atoms with Gasteiger partial charge in [-0.05, 0) is 47.4 Å². The lowest BCUT2D eigenvalue weighted by molar-refractivity contribution is 0.474. The van der Waals surface area contributed by atoms with Crippen LogP contribution in [-0.4, -0.2) is 16.7 Å². The summed E-state index contributed by atoms with van der Waals surface area (Å²) < 4.78 is 6.57. The van der Waals surface area contributed by atoms with Gasteiger partial charge in [-0.1, -0.05) is 12.1 Å². The van der Waals surface area contributed by atoms with E-state index in [1.54, 1.807) is 0 Å². The highest BCUT2D eigenvalue weighted by Gasteiger charge is 2.10. The van der Waals surface area contributed by atoms with Crippen molar-refractivity contribution >= 4 is 15.9 Å². The van der Waals surface area contributed by atoms with Crippen molar-refractivity contribution in [3.63, 3.8) is 0 Å². The van der Waals surface area contributed by atoms with Gasteiger partial charge >= 0.3 is 0 Å². The number of aromatic nitrogens is 2. The molecule has 0 saturated carbocycles. The summed E-state index contributed by atoms with van der Waals surface area (Å²) >= 11 is 3.47. The Kier molecular flexibility index (Phi) is 5.78. The minimum absolute atomic E-state index is 0.529. The number of nitrogens with zero attached hydrogens (tertiary/aromatic N) is 2. The molecule has 0 saturated heterocycles. The first-order chi connectivity index (χ1) is 9.81. The van der Waals surface area contributed by atoms with Gasteiger partial charge in [-0.25, -0.2) is 0 Å². The predicted molar refractivity (Wildman–Crippen MR) is 81.8 cm³/mol. The molecule has 20 heavy (non-hydrogen) atoms. The van der Waals surface area contributed by atoms with Crippen LogP contribution in [0.4, 0.5) is 0 Å². The van der Waals surface area contributed by atoms with Crippen molar-refractivity contribution in [2.75, 3.05) is 6.54 Å². The first-order valence-corrected chi connectivity index (χ1v) is 7.32. The maximum atomic E-state index is 5.63. The zero-order chi connectivity index (χ0) is 14.2. The van der Waals surface area contributed by atoms with Crippen molar-refractivity contribution in [1.29, 1.82) is 0 Å². The lowest BCUT2D eigenvalue weighted by Gasteiger charge is -2.00. The van der Waals surface area contributed by atoms with Crippen molar-refractivity contribution in [3.8, 4) is 23.8 Å². The van der Waals surface area contributed by atoms with E-state index >= 15 is 0 Å². The highest BCUT2D eigenvalue weighted by molar-refractivity contribution is 9.10. The van der Waals surface area contributed by atoms with Crippen LogP contribution in [0.25, 0.3) is 11.5 Å². The smallest absolute Gasteiger partial charge is 0.248 e. The Morgan fingerprint density at radius 3 is 2.90 bits per heavy atom. The van der Waals surface area contributed by atoms with E-state index < -0.39 is 0 Å². The molecular weight excluding hydrogens is 318 g/mol. The molecule has 0 aliphatic heterocycles. The van der Waals surface area contributed by atoms with Crippen LogP contribution in [-0.2, 0) is 6.54 Å². The lowest BCUT2D eigenvalue weighted by atomic mass is 10.2. The molecule has 0 radical (unpaired) electrons. The van der Waals surface area contributed by atoms with E-state index in [0.717, 1.165) is 35.8 Å². The predicted octanol–water partition coefficient (Wildman–Crippen LogP) is 3.39. The summed E-state index contributed by atoms with van der Waals surface area (Å²) in [6, 6.07) is 7.77. The van der Waals surface area contributed by atoms with Gasteiger partial charge in [0.05, 0.1) is 12.1 Å². The second-order valence-electron chi connectivity index (χ2n) is 4.32. The Morgan fingerprint density at radius 1 is 1.25 bits per heavy atom. The van der Waals surface area contributed by atoms with E-state index in [1.807, 2.05) is 24.3 Å². The Labute approximate surface area is 127 Å². The summed E-state index contributed by atoms with van der Waals surface area (Å²) in [5.74, 6) is 3.75. The second-order valence-corrected chi connectivity index (χ2v) is 5.17. The summed E-state index contributed by atoms with van der Waals surface area (Å²) in [5, 5.41) is 11.4. The quantitative estimate of drug-likeness (QED) is 0.623. The van der Waals surface area contributed by atoms with Crippen molar-refractivity contribution in [2.45, 2.75) is 25.8 Å². The van der Waals surface area contributed by atoms with E-state index in [4.69, 9.17) is 10.8 Å². The van der Waals surface area contributed by atoms with Crippen LogP contribution in [0.2, 0.25) is 0 Å². The van der Waals surface area contributed by atoms with Gasteiger partial charge < -0.3 is 9.73 Å². The fourth-order valence-corrected chi connectivity index (χ4v) is 2.20. The van der Waals surface area contributed by atoms with Crippen LogP contribution in [0.3, 0.4) is 0 Å². The normalized spacial score (nSPS) is 10.4. The molecule has 0 bridgehead atoms. The monoisotopic (exact) mass is 333 g/mol. The molecule has 0 spiro atoms. The molecule has 5 heteroatoms. The summed E-state index contributed by atoms with van der Waals surface area (Å²) in [6.45, 7) is 1.47. The lowest BCUT2D eigenvalue weighted by Crippen LogP contribution is -2.14. The molecule has 1 aromatic carbocycles. The molecule has 0 atom stereocenters. The Morgan fingerprint density at radius 2 is 2.10 bits per heavy atom. The number of nitrogens with one attached hydrogen (secondary N) is 1. The Bertz CT molecular complexity index is 589. The van der Waals surface area contributed by atoms with Crippen molar-refractivity contribution < 1.29 is 4.42 Å². The number of terminal acetylenes is 1. The number of hydrogen-bond donors (Lipinski definition) is 1. The van der Waals surface area contributed by atoms with Gasteiger partial charge in [0, 0.05) is 10.9 Å². The average Bonchev–Trinajstić information content (AvgIpc) is 2.92. The van der Waals surface area contributed by atoms with Gasteiger partial charge in [-0.3, -0.25) is 0 Å². The summed E-state index contributed by atoms with van der Waals surface area (Å²) in [4.78, 5) is 0. The molecule has 0 unspecified atom stereocenters. The fourth-order valence-electron chi connectivity index (χ4n) is 1.74. The van der Waals surface area contributed by atoms with Crippen LogP contribution < -0.4 is 5.32 Å². The Hall–Kier alpha value is -1.64. The summed E-state index contributed by atoms with van der Waals surface area (Å²) in [7, 11) is 0. The molecule has 1 N–H and O–H groups in total. The van der Waals surface area contributed by atoms with Crippen LogP contribution in [0.1, 0.15) is 25.2 Å². The van der Waals surface area contributed by atoms with Gasteiger partial charge in [-0.2, -0.15) is 0 Å². The number of rotatable bonds is 7. The van der Waals surface area contributed by atoms with Crippen LogP contribution >= 0.6 is 15.9 Å². The molecule has 4 nitrogen and oxygen atoms in total. The van der Waals surface area contributed by atoms with Crippen LogP contribution in [0, 0.1) is 12.3 Å². The highest BCUT2D eigenvalue weighted by atomic mass is 79.9. The molecule has 2 rings (SSSR count). The zero-order valence-corrected chi connectivity index (χ0v) is 12.7. The number of hydrogen-bond acceptors (Lipinski definition) is 4. The summed E-state index contributed by atoms with van der Waals surface area (Å²) in [5.41, 5.74) is 0.903. The van der Waals surface area contributed by atoms with E-state index in [-0.39, 0.29) is 0 Å². The Balaban J connectivity index is 1.84. The molecule has 0 aliphatic carbocycles. The zero-order valence-electron chi connectivity index (χ0n) is 11.1. The van der Waals surface area contributed by atoms with Crippen molar-refractivity contribution in [1.82, 2.24) is 15.5 Å². The second kappa shape index (κ2) is 7.83. The summed E-state index contributed by atoms with van der Waals surface area (Å²) in [6.07, 6.45) is 8.11. The van der Waals surface area contributed by atoms with Gasteiger partial charge in [0.2, 0.25) is 11.8 Å². The van der Waals surface area contributed by atoms with Crippen molar-refractivity contribution in [3.05, 3.63) is 34.6 Å². The largest absolute Gasteiger partial charge is 0.419 e. The van der Waals surface area contributed by atoms with Crippen LogP contribution in [0.5, 0.6) is 0 Å². The first-order valence-electron chi connectivity index (χ1n) is 6.52. The SMILES string of the molecule is C#CCCCCNCc1nnc(-c2ccccc2Br)o1. The number of benzene rings is 1. The number of unbranched alkanes of at least 4 members (excludes halogenated alkanes) is 2. The van der Waals surface area contributed by atoms with E-state index in [9.17, 15) is 0 Å².